The highest BCUT2D eigenvalue weighted by molar-refractivity contribution is 7.09. The lowest BCUT2D eigenvalue weighted by Crippen LogP contribution is -2.33. The fraction of sp³-hybridized carbons (Fsp3) is 0.333. The summed E-state index contributed by atoms with van der Waals surface area (Å²) in [7, 11) is 1.60. The molecule has 1 heterocycles. The highest BCUT2D eigenvalue weighted by Gasteiger charge is 2.19. The summed E-state index contributed by atoms with van der Waals surface area (Å²) in [6.45, 7) is 7.78. The number of carbonyl (C=O) groups excluding carboxylic acids is 1. The number of benzene rings is 2. The van der Waals surface area contributed by atoms with Crippen LogP contribution in [-0.2, 0) is 13.2 Å². The van der Waals surface area contributed by atoms with Gasteiger partial charge in [-0.25, -0.2) is 4.98 Å². The molecule has 0 aliphatic heterocycles. The molecule has 0 saturated carbocycles. The summed E-state index contributed by atoms with van der Waals surface area (Å²) in [4.78, 5) is 19.7. The number of hydrogen-bond acceptors (Lipinski definition) is 5. The van der Waals surface area contributed by atoms with Gasteiger partial charge >= 0.3 is 0 Å². The molecule has 0 spiro atoms. The Morgan fingerprint density at radius 2 is 1.97 bits per heavy atom. The lowest BCUT2D eigenvalue weighted by atomic mass is 10.1. The first-order valence-corrected chi connectivity index (χ1v) is 10.9. The first-order chi connectivity index (χ1) is 14.5. The summed E-state index contributed by atoms with van der Waals surface area (Å²) >= 11 is 1.56. The second-order valence-electron chi connectivity index (χ2n) is 7.60. The van der Waals surface area contributed by atoms with Crippen LogP contribution in [0.25, 0.3) is 0 Å². The maximum absolute atomic E-state index is 13.1. The summed E-state index contributed by atoms with van der Waals surface area (Å²) < 4.78 is 11.2. The van der Waals surface area contributed by atoms with Crippen LogP contribution < -0.4 is 9.47 Å². The van der Waals surface area contributed by atoms with Crippen molar-refractivity contribution in [2.45, 2.75) is 33.9 Å². The van der Waals surface area contributed by atoms with Crippen molar-refractivity contribution in [2.75, 3.05) is 13.7 Å². The molecule has 1 aromatic heterocycles. The summed E-state index contributed by atoms with van der Waals surface area (Å²) in [6.07, 6.45) is 0. The minimum Gasteiger partial charge on any atom is -0.497 e. The summed E-state index contributed by atoms with van der Waals surface area (Å²) in [5.74, 6) is 1.87. The van der Waals surface area contributed by atoms with E-state index in [0.29, 0.717) is 36.9 Å². The van der Waals surface area contributed by atoms with Gasteiger partial charge in [0.25, 0.3) is 5.91 Å². The molecule has 30 heavy (non-hydrogen) atoms. The third-order valence-electron chi connectivity index (χ3n) is 4.59. The van der Waals surface area contributed by atoms with Gasteiger partial charge in [-0.15, -0.1) is 11.3 Å². The maximum atomic E-state index is 13.1. The van der Waals surface area contributed by atoms with Crippen molar-refractivity contribution in [3.63, 3.8) is 0 Å². The van der Waals surface area contributed by atoms with Crippen molar-refractivity contribution in [1.29, 1.82) is 0 Å². The van der Waals surface area contributed by atoms with E-state index in [9.17, 15) is 4.79 Å². The van der Waals surface area contributed by atoms with Gasteiger partial charge in [0, 0.05) is 17.5 Å². The molecule has 0 radical (unpaired) electrons. The van der Waals surface area contributed by atoms with E-state index in [1.807, 2.05) is 59.7 Å². The Labute approximate surface area is 182 Å². The number of thiazole rings is 1. The zero-order valence-electron chi connectivity index (χ0n) is 17.9. The number of nitrogens with zero attached hydrogens (tertiary/aromatic N) is 2. The third-order valence-corrected chi connectivity index (χ3v) is 5.46. The summed E-state index contributed by atoms with van der Waals surface area (Å²) in [6, 6.07) is 15.2. The van der Waals surface area contributed by atoms with Crippen molar-refractivity contribution in [1.82, 2.24) is 9.88 Å². The van der Waals surface area contributed by atoms with Gasteiger partial charge in [0.1, 0.15) is 23.1 Å². The second-order valence-corrected chi connectivity index (χ2v) is 8.54. The quantitative estimate of drug-likeness (QED) is 0.465. The molecule has 0 saturated heterocycles. The Kier molecular flexibility index (Phi) is 7.46. The largest absolute Gasteiger partial charge is 0.497 e. The first-order valence-electron chi connectivity index (χ1n) is 10.0. The van der Waals surface area contributed by atoms with Crippen molar-refractivity contribution in [2.24, 2.45) is 5.92 Å². The molecule has 0 aliphatic carbocycles. The van der Waals surface area contributed by atoms with Crippen molar-refractivity contribution >= 4 is 17.2 Å². The SMILES string of the molecule is COc1cccc(C(=O)N(Cc2csc(COc3ccccc3C)n2)CC(C)C)c1. The molecule has 0 aliphatic rings. The van der Waals surface area contributed by atoms with E-state index in [2.05, 4.69) is 18.8 Å². The van der Waals surface area contributed by atoms with Crippen LogP contribution in [-0.4, -0.2) is 29.4 Å². The monoisotopic (exact) mass is 424 g/mol. The highest BCUT2D eigenvalue weighted by atomic mass is 32.1. The molecule has 0 atom stereocenters. The van der Waals surface area contributed by atoms with Crippen LogP contribution in [0.1, 0.15) is 40.5 Å². The van der Waals surface area contributed by atoms with E-state index in [1.165, 1.54) is 0 Å². The maximum Gasteiger partial charge on any atom is 0.254 e. The third kappa shape index (κ3) is 5.83. The lowest BCUT2D eigenvalue weighted by Gasteiger charge is -2.24. The van der Waals surface area contributed by atoms with E-state index in [-0.39, 0.29) is 5.91 Å². The summed E-state index contributed by atoms with van der Waals surface area (Å²) in [5.41, 5.74) is 2.59. The van der Waals surface area contributed by atoms with Gasteiger partial charge in [0.2, 0.25) is 0 Å². The molecule has 0 fully saturated rings. The van der Waals surface area contributed by atoms with Gasteiger partial charge in [0.15, 0.2) is 0 Å². The van der Waals surface area contributed by atoms with Gasteiger partial charge < -0.3 is 14.4 Å². The number of carbonyl (C=O) groups is 1. The molecule has 0 bridgehead atoms. The van der Waals surface area contributed by atoms with Crippen LogP contribution >= 0.6 is 11.3 Å². The standard InChI is InChI=1S/C24H28N2O3S/c1-17(2)13-26(24(27)19-9-7-10-21(12-19)28-4)14-20-16-30-23(25-20)15-29-22-11-6-5-8-18(22)3/h5-12,16-17H,13-15H2,1-4H3. The van der Waals surface area contributed by atoms with Crippen molar-refractivity contribution < 1.29 is 14.3 Å². The van der Waals surface area contributed by atoms with E-state index in [0.717, 1.165) is 22.0 Å². The van der Waals surface area contributed by atoms with Gasteiger partial charge in [-0.1, -0.05) is 38.1 Å². The number of aromatic nitrogens is 1. The van der Waals surface area contributed by atoms with Crippen LogP contribution in [0.2, 0.25) is 0 Å². The lowest BCUT2D eigenvalue weighted by molar-refractivity contribution is 0.0720. The number of hydrogen-bond donors (Lipinski definition) is 0. The smallest absolute Gasteiger partial charge is 0.254 e. The number of rotatable bonds is 9. The van der Waals surface area contributed by atoms with E-state index in [4.69, 9.17) is 9.47 Å². The van der Waals surface area contributed by atoms with Crippen molar-refractivity contribution in [3.05, 3.63) is 75.7 Å². The molecule has 3 aromatic rings. The molecule has 2 aromatic carbocycles. The van der Waals surface area contributed by atoms with E-state index < -0.39 is 0 Å². The van der Waals surface area contributed by atoms with Gasteiger partial charge in [-0.05, 0) is 42.7 Å². The normalized spacial score (nSPS) is 10.8. The Morgan fingerprint density at radius 3 is 2.70 bits per heavy atom. The molecule has 1 amide bonds. The van der Waals surface area contributed by atoms with Crippen LogP contribution in [0.4, 0.5) is 0 Å². The molecular formula is C24H28N2O3S. The number of methoxy groups -OCH3 is 1. The number of para-hydroxylation sites is 1. The number of ether oxygens (including phenoxy) is 2. The van der Waals surface area contributed by atoms with Crippen LogP contribution in [0, 0.1) is 12.8 Å². The highest BCUT2D eigenvalue weighted by Crippen LogP contribution is 2.21. The van der Waals surface area contributed by atoms with Crippen LogP contribution in [0.15, 0.2) is 53.9 Å². The van der Waals surface area contributed by atoms with Crippen molar-refractivity contribution in [3.8, 4) is 11.5 Å². The average molecular weight is 425 g/mol. The van der Waals surface area contributed by atoms with Gasteiger partial charge in [-0.2, -0.15) is 0 Å². The van der Waals surface area contributed by atoms with Gasteiger partial charge in [0.05, 0.1) is 19.3 Å². The molecule has 0 N–H and O–H groups in total. The Balaban J connectivity index is 1.69. The molecule has 158 valence electrons. The minimum atomic E-state index is -0.0201. The van der Waals surface area contributed by atoms with Crippen LogP contribution in [0.5, 0.6) is 11.5 Å². The Bertz CT molecular complexity index is 984. The number of amides is 1. The van der Waals surface area contributed by atoms with E-state index >= 15 is 0 Å². The van der Waals surface area contributed by atoms with Crippen LogP contribution in [0.3, 0.4) is 0 Å². The first kappa shape index (κ1) is 21.8. The average Bonchev–Trinajstić information content (AvgIpc) is 3.19. The summed E-state index contributed by atoms with van der Waals surface area (Å²) in [5, 5.41) is 2.90. The molecular weight excluding hydrogens is 396 g/mol. The predicted octanol–water partition coefficient (Wildman–Crippen LogP) is 5.34. The molecule has 5 nitrogen and oxygen atoms in total. The van der Waals surface area contributed by atoms with E-state index in [1.54, 1.807) is 24.5 Å². The minimum absolute atomic E-state index is 0.0201. The molecule has 0 unspecified atom stereocenters. The Hall–Kier alpha value is -2.86. The predicted molar refractivity (Wildman–Crippen MR) is 120 cm³/mol. The second kappa shape index (κ2) is 10.3. The number of aryl methyl sites for hydroxylation is 1. The molecule has 6 heteroatoms. The zero-order valence-corrected chi connectivity index (χ0v) is 18.7. The van der Waals surface area contributed by atoms with Gasteiger partial charge in [-0.3, -0.25) is 4.79 Å². The fourth-order valence-corrected chi connectivity index (χ4v) is 3.84. The zero-order chi connectivity index (χ0) is 21.5. The topological polar surface area (TPSA) is 51.7 Å². The fourth-order valence-electron chi connectivity index (χ4n) is 3.14. The molecule has 3 rings (SSSR count). The Morgan fingerprint density at radius 1 is 1.17 bits per heavy atom.